The number of rotatable bonds is 4. The number of ketones is 1. The van der Waals surface area contributed by atoms with Gasteiger partial charge in [0.1, 0.15) is 5.78 Å². The first kappa shape index (κ1) is 22.8. The number of halogens is 6. The standard InChI is InChI=1S/C22H19F6NO2/c23-21(24,25)16-10-14(11-17(13-16)22(26,27)28)12-19(31)29-20(8-6-18(30)7-9-20)15-4-2-1-3-5-15/h1-5,10-11,13H,6-9,12H2,(H,29,31). The minimum absolute atomic E-state index is 0.0274. The topological polar surface area (TPSA) is 46.2 Å². The Bertz CT molecular complexity index is 924. The highest BCUT2D eigenvalue weighted by molar-refractivity contribution is 5.82. The molecular weight excluding hydrogens is 424 g/mol. The summed E-state index contributed by atoms with van der Waals surface area (Å²) in [6.45, 7) is 0. The molecular formula is C22H19F6NO2. The Hall–Kier alpha value is -2.84. The predicted octanol–water partition coefficient (Wildman–Crippen LogP) is 5.42. The molecule has 2 aromatic rings. The zero-order valence-corrected chi connectivity index (χ0v) is 16.2. The lowest BCUT2D eigenvalue weighted by Crippen LogP contribution is -2.48. The predicted molar refractivity (Wildman–Crippen MR) is 99.9 cm³/mol. The van der Waals surface area contributed by atoms with E-state index in [4.69, 9.17) is 0 Å². The largest absolute Gasteiger partial charge is 0.416 e. The number of hydrogen-bond donors (Lipinski definition) is 1. The van der Waals surface area contributed by atoms with Crippen molar-refractivity contribution in [2.45, 2.75) is 50.0 Å². The lowest BCUT2D eigenvalue weighted by atomic mass is 9.76. The molecule has 0 atom stereocenters. The summed E-state index contributed by atoms with van der Waals surface area (Å²) >= 11 is 0. The Morgan fingerprint density at radius 1 is 0.871 bits per heavy atom. The lowest BCUT2D eigenvalue weighted by Gasteiger charge is -2.38. The second-order valence-corrected chi connectivity index (χ2v) is 7.63. The van der Waals surface area contributed by atoms with Crippen LogP contribution in [0.5, 0.6) is 0 Å². The molecule has 0 bridgehead atoms. The summed E-state index contributed by atoms with van der Waals surface area (Å²) in [5.74, 6) is -0.681. The van der Waals surface area contributed by atoms with Gasteiger partial charge in [0.15, 0.2) is 0 Å². The highest BCUT2D eigenvalue weighted by Crippen LogP contribution is 2.38. The molecule has 0 saturated heterocycles. The van der Waals surface area contributed by atoms with Crippen LogP contribution in [-0.2, 0) is 33.9 Å². The Morgan fingerprint density at radius 2 is 1.39 bits per heavy atom. The lowest BCUT2D eigenvalue weighted by molar-refractivity contribution is -0.143. The molecule has 31 heavy (non-hydrogen) atoms. The van der Waals surface area contributed by atoms with E-state index in [1.54, 1.807) is 30.3 Å². The first-order valence-corrected chi connectivity index (χ1v) is 9.56. The normalized spacial score (nSPS) is 16.8. The summed E-state index contributed by atoms with van der Waals surface area (Å²) in [6.07, 6.45) is -9.58. The second-order valence-electron chi connectivity index (χ2n) is 7.63. The molecule has 0 heterocycles. The third-order valence-electron chi connectivity index (χ3n) is 5.38. The van der Waals surface area contributed by atoms with Crippen molar-refractivity contribution in [2.75, 3.05) is 0 Å². The number of benzene rings is 2. The molecule has 1 amide bonds. The monoisotopic (exact) mass is 443 g/mol. The van der Waals surface area contributed by atoms with Gasteiger partial charge in [0.25, 0.3) is 0 Å². The molecule has 166 valence electrons. The van der Waals surface area contributed by atoms with E-state index in [1.807, 2.05) is 0 Å². The number of Topliss-reactive ketones (excluding diaryl/α,β-unsaturated/α-hetero) is 1. The fourth-order valence-electron chi connectivity index (χ4n) is 3.82. The quantitative estimate of drug-likeness (QED) is 0.642. The zero-order chi connectivity index (χ0) is 22.9. The average Bonchev–Trinajstić information content (AvgIpc) is 2.69. The van der Waals surface area contributed by atoms with Crippen molar-refractivity contribution >= 4 is 11.7 Å². The van der Waals surface area contributed by atoms with Crippen molar-refractivity contribution < 1.29 is 35.9 Å². The molecule has 0 spiro atoms. The zero-order valence-electron chi connectivity index (χ0n) is 16.2. The van der Waals surface area contributed by atoms with Gasteiger partial charge in [-0.05, 0) is 42.2 Å². The number of amides is 1. The van der Waals surface area contributed by atoms with Crippen LogP contribution in [0.3, 0.4) is 0 Å². The SMILES string of the molecule is O=C1CCC(NC(=O)Cc2cc(C(F)(F)F)cc(C(F)(F)F)c2)(c2ccccc2)CC1. The van der Waals surface area contributed by atoms with Gasteiger partial charge in [-0.1, -0.05) is 30.3 Å². The van der Waals surface area contributed by atoms with E-state index >= 15 is 0 Å². The summed E-state index contributed by atoms with van der Waals surface area (Å²) in [5.41, 5.74) is -3.50. The molecule has 1 N–H and O–H groups in total. The minimum atomic E-state index is -4.98. The third-order valence-corrected chi connectivity index (χ3v) is 5.38. The molecule has 0 aliphatic heterocycles. The number of alkyl halides is 6. The van der Waals surface area contributed by atoms with Crippen LogP contribution < -0.4 is 5.32 Å². The second kappa shape index (κ2) is 8.36. The van der Waals surface area contributed by atoms with Crippen molar-refractivity contribution in [1.29, 1.82) is 0 Å². The van der Waals surface area contributed by atoms with E-state index in [9.17, 15) is 35.9 Å². The average molecular weight is 443 g/mol. The summed E-state index contributed by atoms with van der Waals surface area (Å²) in [7, 11) is 0. The van der Waals surface area contributed by atoms with Crippen LogP contribution in [-0.4, -0.2) is 11.7 Å². The summed E-state index contributed by atoms with van der Waals surface area (Å²) in [4.78, 5) is 24.4. The van der Waals surface area contributed by atoms with E-state index in [0.29, 0.717) is 25.0 Å². The number of nitrogens with one attached hydrogen (secondary N) is 1. The molecule has 2 aromatic carbocycles. The molecule has 0 aromatic heterocycles. The summed E-state index contributed by atoms with van der Waals surface area (Å²) in [6, 6.07) is 9.94. The number of carbonyl (C=O) groups excluding carboxylic acids is 2. The highest BCUT2D eigenvalue weighted by atomic mass is 19.4. The molecule has 0 radical (unpaired) electrons. The van der Waals surface area contributed by atoms with E-state index in [1.165, 1.54) is 0 Å². The molecule has 9 heteroatoms. The van der Waals surface area contributed by atoms with Gasteiger partial charge in [0.2, 0.25) is 5.91 Å². The molecule has 0 unspecified atom stereocenters. The highest BCUT2D eigenvalue weighted by Gasteiger charge is 2.39. The van der Waals surface area contributed by atoms with Crippen molar-refractivity contribution in [3.05, 3.63) is 70.8 Å². The smallest absolute Gasteiger partial charge is 0.346 e. The minimum Gasteiger partial charge on any atom is -0.346 e. The van der Waals surface area contributed by atoms with Gasteiger partial charge in [-0.2, -0.15) is 26.3 Å². The Kier molecular flexibility index (Phi) is 6.16. The van der Waals surface area contributed by atoms with Gasteiger partial charge in [-0.25, -0.2) is 0 Å². The Morgan fingerprint density at radius 3 is 1.87 bits per heavy atom. The molecule has 1 aliphatic carbocycles. The van der Waals surface area contributed by atoms with Crippen molar-refractivity contribution in [2.24, 2.45) is 0 Å². The van der Waals surface area contributed by atoms with Crippen LogP contribution in [0.1, 0.15) is 47.9 Å². The van der Waals surface area contributed by atoms with Gasteiger partial charge in [0.05, 0.1) is 23.1 Å². The summed E-state index contributed by atoms with van der Waals surface area (Å²) < 4.78 is 78.4. The summed E-state index contributed by atoms with van der Waals surface area (Å²) in [5, 5.41) is 2.78. The van der Waals surface area contributed by atoms with E-state index < -0.39 is 46.9 Å². The number of hydrogen-bond acceptors (Lipinski definition) is 2. The van der Waals surface area contributed by atoms with Crippen LogP contribution in [0.4, 0.5) is 26.3 Å². The van der Waals surface area contributed by atoms with Crippen molar-refractivity contribution in [1.82, 2.24) is 5.32 Å². The van der Waals surface area contributed by atoms with Gasteiger partial charge >= 0.3 is 12.4 Å². The van der Waals surface area contributed by atoms with Crippen molar-refractivity contribution in [3.8, 4) is 0 Å². The van der Waals surface area contributed by atoms with Crippen LogP contribution in [0.15, 0.2) is 48.5 Å². The first-order chi connectivity index (χ1) is 14.4. The molecule has 1 aliphatic rings. The molecule has 3 nitrogen and oxygen atoms in total. The Balaban J connectivity index is 1.88. The number of carbonyl (C=O) groups is 2. The van der Waals surface area contributed by atoms with Crippen LogP contribution in [0.2, 0.25) is 0 Å². The molecule has 3 rings (SSSR count). The van der Waals surface area contributed by atoms with E-state index in [-0.39, 0.29) is 24.7 Å². The molecule has 1 fully saturated rings. The fourth-order valence-corrected chi connectivity index (χ4v) is 3.82. The van der Waals surface area contributed by atoms with E-state index in [0.717, 1.165) is 5.56 Å². The van der Waals surface area contributed by atoms with Crippen LogP contribution >= 0.6 is 0 Å². The fraction of sp³-hybridized carbons (Fsp3) is 0.364. The van der Waals surface area contributed by atoms with E-state index in [2.05, 4.69) is 5.32 Å². The maximum absolute atomic E-state index is 13.1. The van der Waals surface area contributed by atoms with Crippen LogP contribution in [0, 0.1) is 0 Å². The van der Waals surface area contributed by atoms with Gasteiger partial charge < -0.3 is 5.32 Å². The molecule has 1 saturated carbocycles. The van der Waals surface area contributed by atoms with Gasteiger partial charge in [-0.15, -0.1) is 0 Å². The first-order valence-electron chi connectivity index (χ1n) is 9.56. The van der Waals surface area contributed by atoms with Crippen LogP contribution in [0.25, 0.3) is 0 Å². The maximum Gasteiger partial charge on any atom is 0.416 e. The third kappa shape index (κ3) is 5.45. The Labute approximate surface area is 174 Å². The maximum atomic E-state index is 13.1. The van der Waals surface area contributed by atoms with Crippen molar-refractivity contribution in [3.63, 3.8) is 0 Å². The van der Waals surface area contributed by atoms with Gasteiger partial charge in [0, 0.05) is 12.8 Å². The van der Waals surface area contributed by atoms with Gasteiger partial charge in [-0.3, -0.25) is 9.59 Å².